The fourth-order valence-corrected chi connectivity index (χ4v) is 6.86. The molecule has 0 aromatic carbocycles. The van der Waals surface area contributed by atoms with E-state index in [1.54, 1.807) is 6.08 Å². The van der Waals surface area contributed by atoms with Gasteiger partial charge in [-0.15, -0.1) is 0 Å². The Hall–Kier alpha value is -1.66. The van der Waals surface area contributed by atoms with Gasteiger partial charge in [-0.1, -0.05) is 192 Å². The van der Waals surface area contributed by atoms with Crippen molar-refractivity contribution in [3.8, 4) is 0 Å². The van der Waals surface area contributed by atoms with E-state index in [4.69, 9.17) is 4.74 Å². The molecule has 0 aromatic rings. The Morgan fingerprint density at radius 1 is 0.509 bits per heavy atom. The molecule has 1 amide bonds. The van der Waals surface area contributed by atoms with Crippen LogP contribution >= 0.6 is 0 Å². The van der Waals surface area contributed by atoms with E-state index >= 15 is 0 Å². The van der Waals surface area contributed by atoms with Crippen LogP contribution in [0, 0.1) is 0 Å². The molecular formula is C47H89NO5. The second kappa shape index (κ2) is 43.1. The number of aliphatic hydroxyl groups excluding tert-OH is 2. The molecule has 6 heteroatoms. The number of carbonyl (C=O) groups is 2. The summed E-state index contributed by atoms with van der Waals surface area (Å²) in [6.07, 6.45) is 48.9. The average molecular weight is 748 g/mol. The molecule has 0 rings (SSSR count). The number of nitrogens with one attached hydrogen (secondary N) is 1. The molecule has 3 N–H and O–H groups in total. The number of ether oxygens (including phenoxy) is 1. The van der Waals surface area contributed by atoms with Gasteiger partial charge in [0.25, 0.3) is 0 Å². The fourth-order valence-electron chi connectivity index (χ4n) is 6.86. The molecule has 0 saturated carbocycles. The van der Waals surface area contributed by atoms with Crippen molar-refractivity contribution < 1.29 is 24.5 Å². The average Bonchev–Trinajstić information content (AvgIpc) is 3.16. The van der Waals surface area contributed by atoms with Crippen molar-refractivity contribution in [2.45, 2.75) is 251 Å². The Morgan fingerprint density at radius 3 is 1.36 bits per heavy atom. The number of hydrogen-bond acceptors (Lipinski definition) is 5. The third-order valence-electron chi connectivity index (χ3n) is 10.5. The highest BCUT2D eigenvalue weighted by molar-refractivity contribution is 5.76. The van der Waals surface area contributed by atoms with Gasteiger partial charge in [0.05, 0.1) is 25.4 Å². The number of aliphatic hydroxyl groups is 2. The number of allylic oxidation sites excluding steroid dienone is 3. The van der Waals surface area contributed by atoms with Crippen LogP contribution < -0.4 is 5.32 Å². The molecule has 0 saturated heterocycles. The van der Waals surface area contributed by atoms with Crippen LogP contribution in [-0.4, -0.2) is 47.4 Å². The van der Waals surface area contributed by atoms with Gasteiger partial charge in [0.1, 0.15) is 0 Å². The summed E-state index contributed by atoms with van der Waals surface area (Å²) in [5.41, 5.74) is 0. The molecule has 0 radical (unpaired) electrons. The smallest absolute Gasteiger partial charge is 0.305 e. The van der Waals surface area contributed by atoms with Crippen LogP contribution in [0.2, 0.25) is 0 Å². The second-order valence-electron chi connectivity index (χ2n) is 15.7. The number of unbranched alkanes of at least 4 members (excludes halogenated alkanes) is 29. The Bertz CT molecular complexity index is 828. The molecule has 0 heterocycles. The van der Waals surface area contributed by atoms with Crippen molar-refractivity contribution in [2.75, 3.05) is 13.2 Å². The molecule has 0 bridgehead atoms. The monoisotopic (exact) mass is 748 g/mol. The second-order valence-corrected chi connectivity index (χ2v) is 15.7. The van der Waals surface area contributed by atoms with Gasteiger partial charge < -0.3 is 20.3 Å². The molecule has 0 aliphatic heterocycles. The predicted molar refractivity (Wildman–Crippen MR) is 227 cm³/mol. The maximum atomic E-state index is 12.3. The minimum atomic E-state index is -0.858. The van der Waals surface area contributed by atoms with E-state index in [9.17, 15) is 19.8 Å². The van der Waals surface area contributed by atoms with Gasteiger partial charge in [0, 0.05) is 12.8 Å². The van der Waals surface area contributed by atoms with Crippen molar-refractivity contribution in [2.24, 2.45) is 0 Å². The molecule has 312 valence electrons. The molecule has 0 aromatic heterocycles. The minimum absolute atomic E-state index is 0.0129. The number of esters is 1. The number of hydrogen-bond donors (Lipinski definition) is 3. The van der Waals surface area contributed by atoms with Gasteiger partial charge in [-0.05, 0) is 57.8 Å². The molecule has 0 spiro atoms. The highest BCUT2D eigenvalue weighted by Gasteiger charge is 2.18. The van der Waals surface area contributed by atoms with Crippen LogP contribution in [0.3, 0.4) is 0 Å². The van der Waals surface area contributed by atoms with Crippen molar-refractivity contribution >= 4 is 11.9 Å². The largest absolute Gasteiger partial charge is 0.466 e. The Balaban J connectivity index is 3.50. The summed E-state index contributed by atoms with van der Waals surface area (Å²) in [6, 6.07) is -0.645. The first-order valence-electron chi connectivity index (χ1n) is 23.1. The van der Waals surface area contributed by atoms with E-state index in [1.165, 1.54) is 141 Å². The fraction of sp³-hybridized carbons (Fsp3) is 0.872. The number of amides is 1. The van der Waals surface area contributed by atoms with Crippen molar-refractivity contribution in [3.05, 3.63) is 24.3 Å². The van der Waals surface area contributed by atoms with E-state index in [-0.39, 0.29) is 18.5 Å². The third kappa shape index (κ3) is 39.8. The van der Waals surface area contributed by atoms with E-state index in [2.05, 4.69) is 31.3 Å². The van der Waals surface area contributed by atoms with Crippen LogP contribution in [-0.2, 0) is 14.3 Å². The maximum Gasteiger partial charge on any atom is 0.305 e. The van der Waals surface area contributed by atoms with Gasteiger partial charge >= 0.3 is 5.97 Å². The van der Waals surface area contributed by atoms with E-state index in [0.29, 0.717) is 19.4 Å². The molecule has 0 aliphatic carbocycles. The Labute approximate surface area is 329 Å². The molecular weight excluding hydrogens is 659 g/mol. The molecule has 53 heavy (non-hydrogen) atoms. The maximum absolute atomic E-state index is 12.3. The van der Waals surface area contributed by atoms with E-state index in [0.717, 1.165) is 70.6 Å². The van der Waals surface area contributed by atoms with E-state index in [1.807, 2.05) is 6.08 Å². The summed E-state index contributed by atoms with van der Waals surface area (Å²) in [7, 11) is 0. The topological polar surface area (TPSA) is 95.9 Å². The third-order valence-corrected chi connectivity index (χ3v) is 10.5. The van der Waals surface area contributed by atoms with Gasteiger partial charge in [-0.3, -0.25) is 9.59 Å². The zero-order valence-corrected chi connectivity index (χ0v) is 35.2. The highest BCUT2D eigenvalue weighted by atomic mass is 16.5. The lowest BCUT2D eigenvalue weighted by Crippen LogP contribution is -2.45. The van der Waals surface area contributed by atoms with Gasteiger partial charge in [-0.25, -0.2) is 0 Å². The first kappa shape index (κ1) is 51.3. The first-order valence-corrected chi connectivity index (χ1v) is 23.1. The predicted octanol–water partition coefficient (Wildman–Crippen LogP) is 13.2. The van der Waals surface area contributed by atoms with Crippen LogP contribution in [0.5, 0.6) is 0 Å². The molecule has 0 aliphatic rings. The summed E-state index contributed by atoms with van der Waals surface area (Å²) >= 11 is 0. The van der Waals surface area contributed by atoms with Gasteiger partial charge in [0.2, 0.25) is 5.91 Å². The van der Waals surface area contributed by atoms with Crippen molar-refractivity contribution in [1.29, 1.82) is 0 Å². The van der Waals surface area contributed by atoms with Crippen molar-refractivity contribution in [1.82, 2.24) is 5.32 Å². The van der Waals surface area contributed by atoms with Gasteiger partial charge in [0.15, 0.2) is 0 Å². The quantitative estimate of drug-likeness (QED) is 0.0328. The first-order chi connectivity index (χ1) is 26.0. The zero-order valence-electron chi connectivity index (χ0n) is 35.2. The van der Waals surface area contributed by atoms with Crippen LogP contribution in [0.1, 0.15) is 239 Å². The Morgan fingerprint density at radius 2 is 0.887 bits per heavy atom. The number of rotatable bonds is 42. The summed E-state index contributed by atoms with van der Waals surface area (Å²) in [4.78, 5) is 24.3. The molecule has 2 atom stereocenters. The number of carbonyl (C=O) groups excluding carboxylic acids is 2. The van der Waals surface area contributed by atoms with Crippen LogP contribution in [0.15, 0.2) is 24.3 Å². The van der Waals surface area contributed by atoms with Crippen LogP contribution in [0.4, 0.5) is 0 Å². The SMILES string of the molecule is CCCCCCCCC/C=C/C(O)C(CO)NC(=O)CCCCC/C=C\CCCCCCCCOC(=O)CCCCCCCCCCCCCCCC. The lowest BCUT2D eigenvalue weighted by atomic mass is 10.0. The normalized spacial score (nSPS) is 12.9. The molecule has 2 unspecified atom stereocenters. The molecule has 0 fully saturated rings. The summed E-state index contributed by atoms with van der Waals surface area (Å²) < 4.78 is 5.44. The summed E-state index contributed by atoms with van der Waals surface area (Å²) in [5.74, 6) is -0.114. The minimum Gasteiger partial charge on any atom is -0.466 e. The van der Waals surface area contributed by atoms with Gasteiger partial charge in [-0.2, -0.15) is 0 Å². The zero-order chi connectivity index (χ0) is 38.7. The van der Waals surface area contributed by atoms with Crippen LogP contribution in [0.25, 0.3) is 0 Å². The summed E-state index contributed by atoms with van der Waals surface area (Å²) in [5, 5.41) is 22.8. The standard InChI is InChI=1S/C47H89NO5/c1-3-5-7-9-11-13-14-15-18-21-25-29-33-37-41-47(52)53-42-38-34-30-26-22-19-16-17-20-24-28-32-36-40-46(51)48-44(43-49)45(50)39-35-31-27-23-12-10-8-6-4-2/h17,20,35,39,44-45,49-50H,3-16,18-19,21-34,36-38,40-43H2,1-2H3,(H,48,51)/b20-17-,39-35+. The van der Waals surface area contributed by atoms with Crippen molar-refractivity contribution in [3.63, 3.8) is 0 Å². The molecule has 6 nitrogen and oxygen atoms in total. The van der Waals surface area contributed by atoms with E-state index < -0.39 is 12.1 Å². The highest BCUT2D eigenvalue weighted by Crippen LogP contribution is 2.15. The lowest BCUT2D eigenvalue weighted by Gasteiger charge is -2.19. The summed E-state index contributed by atoms with van der Waals surface area (Å²) in [6.45, 7) is 4.82. The Kier molecular flexibility index (Phi) is 41.7. The lowest BCUT2D eigenvalue weighted by molar-refractivity contribution is -0.143.